The molecular weight excluding hydrogens is 190 g/mol. The third-order valence-corrected chi connectivity index (χ3v) is 3.09. The number of carboxylic acid groups (broad SMARTS) is 1. The molecule has 3 nitrogen and oxygen atoms in total. The van der Waals surface area contributed by atoms with Gasteiger partial charge in [-0.3, -0.25) is 4.79 Å². The van der Waals surface area contributed by atoms with Crippen LogP contribution in [0.4, 0.5) is 0 Å². The number of carbonyl (C=O) groups is 1. The van der Waals surface area contributed by atoms with E-state index in [-0.39, 0.29) is 5.92 Å². The molecule has 0 amide bonds. The standard InChI is InChI=1S/C12H21NO2/c1-2-3-4-9-13-11-7-5-10(6-8-11)12(14)15/h2,10-11,13H,1,3-9H2,(H,14,15). The van der Waals surface area contributed by atoms with E-state index >= 15 is 0 Å². The molecule has 0 unspecified atom stereocenters. The van der Waals surface area contributed by atoms with Crippen LogP contribution in [0.3, 0.4) is 0 Å². The van der Waals surface area contributed by atoms with Crippen molar-refractivity contribution in [2.24, 2.45) is 5.92 Å². The zero-order valence-electron chi connectivity index (χ0n) is 9.24. The van der Waals surface area contributed by atoms with Crippen molar-refractivity contribution in [2.75, 3.05) is 6.54 Å². The second-order valence-electron chi connectivity index (χ2n) is 4.27. The average Bonchev–Trinajstić information content (AvgIpc) is 2.25. The van der Waals surface area contributed by atoms with Crippen molar-refractivity contribution in [1.29, 1.82) is 0 Å². The molecule has 2 N–H and O–H groups in total. The van der Waals surface area contributed by atoms with Gasteiger partial charge in [0, 0.05) is 6.04 Å². The fourth-order valence-corrected chi connectivity index (χ4v) is 2.10. The first-order chi connectivity index (χ1) is 7.24. The van der Waals surface area contributed by atoms with Crippen LogP contribution < -0.4 is 5.32 Å². The Morgan fingerprint density at radius 1 is 1.40 bits per heavy atom. The van der Waals surface area contributed by atoms with Gasteiger partial charge >= 0.3 is 5.97 Å². The lowest BCUT2D eigenvalue weighted by Crippen LogP contribution is -2.35. The third-order valence-electron chi connectivity index (χ3n) is 3.09. The van der Waals surface area contributed by atoms with Crippen molar-refractivity contribution in [3.8, 4) is 0 Å². The van der Waals surface area contributed by atoms with Gasteiger partial charge in [-0.25, -0.2) is 0 Å². The van der Waals surface area contributed by atoms with E-state index in [0.717, 1.165) is 45.1 Å². The Bertz CT molecular complexity index is 208. The summed E-state index contributed by atoms with van der Waals surface area (Å²) in [4.78, 5) is 10.7. The summed E-state index contributed by atoms with van der Waals surface area (Å²) in [5.41, 5.74) is 0. The summed E-state index contributed by atoms with van der Waals surface area (Å²) < 4.78 is 0. The third kappa shape index (κ3) is 4.47. The topological polar surface area (TPSA) is 49.3 Å². The number of allylic oxidation sites excluding steroid dienone is 1. The predicted octanol–water partition coefficient (Wildman–Crippen LogP) is 2.19. The maximum atomic E-state index is 10.7. The van der Waals surface area contributed by atoms with Crippen molar-refractivity contribution < 1.29 is 9.90 Å². The summed E-state index contributed by atoms with van der Waals surface area (Å²) >= 11 is 0. The van der Waals surface area contributed by atoms with E-state index in [1.807, 2.05) is 6.08 Å². The Morgan fingerprint density at radius 2 is 2.07 bits per heavy atom. The molecular formula is C12H21NO2. The van der Waals surface area contributed by atoms with Gasteiger partial charge in [-0.1, -0.05) is 6.08 Å². The summed E-state index contributed by atoms with van der Waals surface area (Å²) in [6, 6.07) is 0.533. The molecule has 0 atom stereocenters. The maximum absolute atomic E-state index is 10.7. The molecule has 1 rings (SSSR count). The molecule has 3 heteroatoms. The van der Waals surface area contributed by atoms with Crippen LogP contribution in [0.15, 0.2) is 12.7 Å². The molecule has 0 saturated heterocycles. The zero-order valence-corrected chi connectivity index (χ0v) is 9.24. The van der Waals surface area contributed by atoms with Gasteiger partial charge in [0.15, 0.2) is 0 Å². The number of rotatable bonds is 6. The number of aliphatic carboxylic acids is 1. The van der Waals surface area contributed by atoms with Crippen LogP contribution in [-0.4, -0.2) is 23.7 Å². The minimum Gasteiger partial charge on any atom is -0.481 e. The summed E-state index contributed by atoms with van der Waals surface area (Å²) in [5.74, 6) is -0.726. The molecule has 1 aliphatic carbocycles. The van der Waals surface area contributed by atoms with Crippen molar-refractivity contribution in [3.63, 3.8) is 0 Å². The summed E-state index contributed by atoms with van der Waals surface area (Å²) in [7, 11) is 0. The number of carboxylic acids is 1. The molecule has 0 spiro atoms. The fourth-order valence-electron chi connectivity index (χ4n) is 2.10. The molecule has 0 bridgehead atoms. The molecule has 0 aromatic carbocycles. The quantitative estimate of drug-likeness (QED) is 0.523. The van der Waals surface area contributed by atoms with Crippen molar-refractivity contribution in [2.45, 2.75) is 44.6 Å². The van der Waals surface area contributed by atoms with Gasteiger partial charge in [0.2, 0.25) is 0 Å². The lowest BCUT2D eigenvalue weighted by molar-refractivity contribution is -0.142. The number of hydrogen-bond acceptors (Lipinski definition) is 2. The first-order valence-electron chi connectivity index (χ1n) is 5.81. The molecule has 0 aromatic rings. The number of nitrogens with one attached hydrogen (secondary N) is 1. The van der Waals surface area contributed by atoms with E-state index in [9.17, 15) is 4.79 Å². The van der Waals surface area contributed by atoms with E-state index < -0.39 is 5.97 Å². The van der Waals surface area contributed by atoms with E-state index in [1.165, 1.54) is 0 Å². The number of unbranched alkanes of at least 4 members (excludes halogenated alkanes) is 1. The normalized spacial score (nSPS) is 26.1. The second-order valence-corrected chi connectivity index (χ2v) is 4.27. The Hall–Kier alpha value is -0.830. The summed E-state index contributed by atoms with van der Waals surface area (Å²) in [6.07, 6.45) is 7.78. The molecule has 0 aromatic heterocycles. The van der Waals surface area contributed by atoms with E-state index in [2.05, 4.69) is 11.9 Å². The van der Waals surface area contributed by atoms with Gasteiger partial charge < -0.3 is 10.4 Å². The highest BCUT2D eigenvalue weighted by molar-refractivity contribution is 5.70. The van der Waals surface area contributed by atoms with Crippen LogP contribution in [0.5, 0.6) is 0 Å². The van der Waals surface area contributed by atoms with Crippen LogP contribution in [-0.2, 0) is 4.79 Å². The van der Waals surface area contributed by atoms with Gasteiger partial charge in [0.05, 0.1) is 5.92 Å². The maximum Gasteiger partial charge on any atom is 0.306 e. The van der Waals surface area contributed by atoms with Crippen LogP contribution in [0, 0.1) is 5.92 Å². The van der Waals surface area contributed by atoms with Gasteiger partial charge in [-0.2, -0.15) is 0 Å². The van der Waals surface area contributed by atoms with E-state index in [4.69, 9.17) is 5.11 Å². The Morgan fingerprint density at radius 3 is 2.60 bits per heavy atom. The molecule has 1 saturated carbocycles. The molecule has 0 radical (unpaired) electrons. The zero-order chi connectivity index (χ0) is 11.1. The van der Waals surface area contributed by atoms with Crippen molar-refractivity contribution >= 4 is 5.97 Å². The van der Waals surface area contributed by atoms with Crippen LogP contribution in [0.1, 0.15) is 38.5 Å². The van der Waals surface area contributed by atoms with Crippen molar-refractivity contribution in [3.05, 3.63) is 12.7 Å². The molecule has 0 heterocycles. The summed E-state index contributed by atoms with van der Waals surface area (Å²) in [6.45, 7) is 4.70. The monoisotopic (exact) mass is 211 g/mol. The van der Waals surface area contributed by atoms with E-state index in [1.54, 1.807) is 0 Å². The molecule has 15 heavy (non-hydrogen) atoms. The number of hydrogen-bond donors (Lipinski definition) is 2. The van der Waals surface area contributed by atoms with Gasteiger partial charge in [0.25, 0.3) is 0 Å². The smallest absolute Gasteiger partial charge is 0.306 e. The van der Waals surface area contributed by atoms with Crippen LogP contribution >= 0.6 is 0 Å². The van der Waals surface area contributed by atoms with Gasteiger partial charge in [0.1, 0.15) is 0 Å². The van der Waals surface area contributed by atoms with Gasteiger partial charge in [-0.05, 0) is 45.1 Å². The molecule has 1 aliphatic rings. The highest BCUT2D eigenvalue weighted by Crippen LogP contribution is 2.24. The largest absolute Gasteiger partial charge is 0.481 e. The SMILES string of the molecule is C=CCCCNC1CCC(C(=O)O)CC1. The Kier molecular flexibility index (Phi) is 5.40. The highest BCUT2D eigenvalue weighted by Gasteiger charge is 2.25. The molecule has 1 fully saturated rings. The first kappa shape index (κ1) is 12.2. The van der Waals surface area contributed by atoms with Crippen molar-refractivity contribution in [1.82, 2.24) is 5.32 Å². The average molecular weight is 211 g/mol. The second kappa shape index (κ2) is 6.62. The Labute approximate surface area is 91.6 Å². The Balaban J connectivity index is 2.09. The van der Waals surface area contributed by atoms with Crippen LogP contribution in [0.2, 0.25) is 0 Å². The minimum absolute atomic E-state index is 0.101. The first-order valence-corrected chi connectivity index (χ1v) is 5.81. The van der Waals surface area contributed by atoms with Crippen LogP contribution in [0.25, 0.3) is 0 Å². The lowest BCUT2D eigenvalue weighted by Gasteiger charge is -2.26. The lowest BCUT2D eigenvalue weighted by atomic mass is 9.86. The van der Waals surface area contributed by atoms with E-state index in [0.29, 0.717) is 6.04 Å². The highest BCUT2D eigenvalue weighted by atomic mass is 16.4. The predicted molar refractivity (Wildman–Crippen MR) is 60.8 cm³/mol. The minimum atomic E-state index is -0.625. The van der Waals surface area contributed by atoms with Gasteiger partial charge in [-0.15, -0.1) is 6.58 Å². The fraction of sp³-hybridized carbons (Fsp3) is 0.750. The molecule has 86 valence electrons. The summed E-state index contributed by atoms with van der Waals surface area (Å²) in [5, 5.41) is 12.3. The molecule has 0 aliphatic heterocycles.